The van der Waals surface area contributed by atoms with Crippen molar-refractivity contribution in [2.45, 2.75) is 0 Å². The van der Waals surface area contributed by atoms with Gasteiger partial charge in [0.1, 0.15) is 0 Å². The Labute approximate surface area is 218 Å². The second-order valence-corrected chi connectivity index (χ2v) is 7.61. The molecule has 0 aliphatic rings. The molecule has 0 aliphatic carbocycles. The van der Waals surface area contributed by atoms with Crippen LogP contribution in [0.4, 0.5) is 0 Å². The number of nitrogens with zero attached hydrogens (tertiary/aromatic N) is 3. The average Bonchev–Trinajstić information content (AvgIpc) is 2.95. The van der Waals surface area contributed by atoms with Crippen LogP contribution in [0.2, 0.25) is 0 Å². The molecule has 0 saturated heterocycles. The summed E-state index contributed by atoms with van der Waals surface area (Å²) in [5.41, 5.74) is 7.25. The number of benzene rings is 3. The fourth-order valence-electron chi connectivity index (χ4n) is 3.64. The Morgan fingerprint density at radius 2 is 1.17 bits per heavy atom. The molecule has 0 N–H and O–H groups in total. The second-order valence-electron chi connectivity index (χ2n) is 7.61. The molecule has 3 aromatic heterocycles. The van der Waals surface area contributed by atoms with Gasteiger partial charge < -0.3 is 9.97 Å². The van der Waals surface area contributed by atoms with Crippen LogP contribution in [0.3, 0.4) is 0 Å². The number of pyridine rings is 3. The zero-order chi connectivity index (χ0) is 23.0. The first-order valence-electron chi connectivity index (χ1n) is 11.0. The van der Waals surface area contributed by atoms with Crippen LogP contribution in [0.1, 0.15) is 0 Å². The third-order valence-electron chi connectivity index (χ3n) is 5.33. The van der Waals surface area contributed by atoms with Gasteiger partial charge in [0, 0.05) is 44.1 Å². The predicted octanol–water partition coefficient (Wildman–Crippen LogP) is 7.31. The summed E-state index contributed by atoms with van der Waals surface area (Å²) in [6.45, 7) is 0. The summed E-state index contributed by atoms with van der Waals surface area (Å²) in [7, 11) is 0. The number of aromatic nitrogens is 3. The Bertz CT molecular complexity index is 1450. The van der Waals surface area contributed by atoms with E-state index in [9.17, 15) is 0 Å². The van der Waals surface area contributed by atoms with Gasteiger partial charge in [-0.25, -0.2) is 0 Å². The van der Waals surface area contributed by atoms with E-state index in [-0.39, 0.29) is 20.1 Å². The normalized spacial score (nSPS) is 10.1. The Morgan fingerprint density at radius 3 is 1.89 bits per heavy atom. The smallest absolute Gasteiger partial charge is 0.0707 e. The van der Waals surface area contributed by atoms with Crippen LogP contribution in [-0.2, 0) is 20.1 Å². The summed E-state index contributed by atoms with van der Waals surface area (Å²) >= 11 is 0. The third kappa shape index (κ3) is 6.13. The topological polar surface area (TPSA) is 38.7 Å². The minimum Gasteiger partial charge on any atom is -0.305 e. The first-order chi connectivity index (χ1) is 16.9. The van der Waals surface area contributed by atoms with Crippen molar-refractivity contribution >= 4 is 10.9 Å². The summed E-state index contributed by atoms with van der Waals surface area (Å²) < 4.78 is 0. The SMILES string of the molecule is [Ir].[c-]1ccc(-c2ccc3cccnc3c2)cc1-c1ccccn1.[c-]1ccccc1-c1ccccn1. The largest absolute Gasteiger partial charge is 0.305 e. The minimum atomic E-state index is 0. The van der Waals surface area contributed by atoms with Gasteiger partial charge in [-0.2, -0.15) is 0 Å². The number of hydrogen-bond donors (Lipinski definition) is 0. The van der Waals surface area contributed by atoms with Crippen LogP contribution in [0, 0.1) is 12.1 Å². The van der Waals surface area contributed by atoms with Crippen molar-refractivity contribution < 1.29 is 20.1 Å². The van der Waals surface area contributed by atoms with E-state index in [1.165, 1.54) is 0 Å². The van der Waals surface area contributed by atoms with Gasteiger partial charge in [-0.1, -0.05) is 42.5 Å². The van der Waals surface area contributed by atoms with Crippen LogP contribution in [0.25, 0.3) is 44.5 Å². The fourth-order valence-corrected chi connectivity index (χ4v) is 3.64. The van der Waals surface area contributed by atoms with Crippen molar-refractivity contribution in [1.29, 1.82) is 0 Å². The van der Waals surface area contributed by atoms with Gasteiger partial charge in [0.15, 0.2) is 0 Å². The van der Waals surface area contributed by atoms with E-state index in [1.54, 1.807) is 12.4 Å². The molecule has 0 fully saturated rings. The molecule has 0 aliphatic heterocycles. The van der Waals surface area contributed by atoms with Crippen LogP contribution in [0.15, 0.2) is 128 Å². The average molecular weight is 628 g/mol. The summed E-state index contributed by atoms with van der Waals surface area (Å²) in [6.07, 6.45) is 5.41. The van der Waals surface area contributed by atoms with Crippen LogP contribution in [0.5, 0.6) is 0 Å². The Hall–Kier alpha value is -3.98. The maximum absolute atomic E-state index is 4.43. The standard InChI is InChI=1S/C20H13N2.C11H8N.Ir/c1-2-11-21-19(8-1)18-6-3-5-16(13-18)17-10-9-15-7-4-12-22-20(15)14-17;1-2-6-10(7-3-1)11-8-4-5-9-12-11;/h1-5,7-14H;1-6,8-9H;/q2*-1;. The van der Waals surface area contributed by atoms with Crippen LogP contribution in [-0.4, -0.2) is 15.0 Å². The van der Waals surface area contributed by atoms with E-state index in [0.717, 1.165) is 44.5 Å². The predicted molar refractivity (Wildman–Crippen MR) is 138 cm³/mol. The molecule has 6 aromatic rings. The van der Waals surface area contributed by atoms with E-state index in [0.29, 0.717) is 0 Å². The first-order valence-corrected chi connectivity index (χ1v) is 11.0. The second kappa shape index (κ2) is 11.9. The Balaban J connectivity index is 0.000000189. The summed E-state index contributed by atoms with van der Waals surface area (Å²) in [4.78, 5) is 13.0. The molecule has 4 heteroatoms. The molecule has 171 valence electrons. The first kappa shape index (κ1) is 24.2. The molecule has 0 unspecified atom stereocenters. The molecular formula is C31H21IrN3-2. The van der Waals surface area contributed by atoms with Gasteiger partial charge in [-0.15, -0.1) is 71.3 Å². The van der Waals surface area contributed by atoms with Crippen molar-refractivity contribution in [2.24, 2.45) is 0 Å². The summed E-state index contributed by atoms with van der Waals surface area (Å²) in [5, 5.41) is 1.15. The minimum absolute atomic E-state index is 0. The van der Waals surface area contributed by atoms with Gasteiger partial charge in [-0.05, 0) is 41.2 Å². The fraction of sp³-hybridized carbons (Fsp3) is 0. The zero-order valence-electron chi connectivity index (χ0n) is 18.8. The Morgan fingerprint density at radius 1 is 0.486 bits per heavy atom. The quantitative estimate of drug-likeness (QED) is 0.193. The molecule has 0 spiro atoms. The van der Waals surface area contributed by atoms with E-state index in [1.807, 2.05) is 79.0 Å². The third-order valence-corrected chi connectivity index (χ3v) is 5.33. The molecule has 35 heavy (non-hydrogen) atoms. The van der Waals surface area contributed by atoms with Crippen molar-refractivity contribution in [1.82, 2.24) is 15.0 Å². The van der Waals surface area contributed by atoms with Gasteiger partial charge in [0.25, 0.3) is 0 Å². The monoisotopic (exact) mass is 628 g/mol. The number of fused-ring (bicyclic) bond motifs is 1. The summed E-state index contributed by atoms with van der Waals surface area (Å²) in [5.74, 6) is 0. The summed E-state index contributed by atoms with van der Waals surface area (Å²) in [6, 6.07) is 42.5. The molecule has 0 atom stereocenters. The Kier molecular flexibility index (Phi) is 8.24. The molecule has 0 bridgehead atoms. The van der Waals surface area contributed by atoms with E-state index < -0.39 is 0 Å². The molecule has 6 rings (SSSR count). The molecule has 3 heterocycles. The van der Waals surface area contributed by atoms with Gasteiger partial charge in [0.2, 0.25) is 0 Å². The van der Waals surface area contributed by atoms with E-state index >= 15 is 0 Å². The van der Waals surface area contributed by atoms with E-state index in [4.69, 9.17) is 0 Å². The molecular weight excluding hydrogens is 607 g/mol. The van der Waals surface area contributed by atoms with Gasteiger partial charge >= 0.3 is 0 Å². The van der Waals surface area contributed by atoms with Crippen molar-refractivity contribution in [3.63, 3.8) is 0 Å². The van der Waals surface area contributed by atoms with Gasteiger partial charge in [-0.3, -0.25) is 4.98 Å². The van der Waals surface area contributed by atoms with Crippen molar-refractivity contribution in [2.75, 3.05) is 0 Å². The number of hydrogen-bond acceptors (Lipinski definition) is 3. The molecule has 0 amide bonds. The molecule has 1 radical (unpaired) electrons. The van der Waals surface area contributed by atoms with Crippen molar-refractivity contribution in [3.8, 4) is 33.6 Å². The van der Waals surface area contributed by atoms with Crippen molar-refractivity contribution in [3.05, 3.63) is 140 Å². The van der Waals surface area contributed by atoms with E-state index in [2.05, 4.69) is 63.5 Å². The zero-order valence-corrected chi connectivity index (χ0v) is 21.2. The van der Waals surface area contributed by atoms with Crippen LogP contribution >= 0.6 is 0 Å². The molecule has 3 aromatic carbocycles. The van der Waals surface area contributed by atoms with Crippen LogP contribution < -0.4 is 0 Å². The van der Waals surface area contributed by atoms with Gasteiger partial charge in [0.05, 0.1) is 5.52 Å². The molecule has 0 saturated carbocycles. The maximum atomic E-state index is 4.43. The number of rotatable bonds is 3. The molecule has 3 nitrogen and oxygen atoms in total. The maximum Gasteiger partial charge on any atom is 0.0707 e.